The van der Waals surface area contributed by atoms with E-state index in [0.29, 0.717) is 28.8 Å². The summed E-state index contributed by atoms with van der Waals surface area (Å²) in [5.41, 5.74) is 1.06. The van der Waals surface area contributed by atoms with Gasteiger partial charge in [-0.3, -0.25) is 9.59 Å². The van der Waals surface area contributed by atoms with E-state index in [1.807, 2.05) is 12.1 Å². The van der Waals surface area contributed by atoms with Gasteiger partial charge in [0.1, 0.15) is 17.4 Å². The van der Waals surface area contributed by atoms with Crippen molar-refractivity contribution >= 4 is 17.8 Å². The van der Waals surface area contributed by atoms with Crippen LogP contribution in [0.15, 0.2) is 97.1 Å². The summed E-state index contributed by atoms with van der Waals surface area (Å²) < 4.78 is 32.2. The van der Waals surface area contributed by atoms with Crippen molar-refractivity contribution in [1.82, 2.24) is 9.80 Å². The van der Waals surface area contributed by atoms with Gasteiger partial charge in [-0.25, -0.2) is 13.6 Å². The highest BCUT2D eigenvalue weighted by Crippen LogP contribution is 2.50. The smallest absolute Gasteiger partial charge is 0.343 e. The minimum Gasteiger partial charge on any atom is -0.423 e. The molecule has 6 nitrogen and oxygen atoms in total. The third-order valence-corrected chi connectivity index (χ3v) is 6.99. The number of halogens is 2. The quantitative estimate of drug-likeness (QED) is 0.286. The number of benzene rings is 4. The second-order valence-electron chi connectivity index (χ2n) is 9.06. The summed E-state index contributed by atoms with van der Waals surface area (Å²) in [4.78, 5) is 43.0. The minimum absolute atomic E-state index is 0.193. The van der Waals surface area contributed by atoms with Crippen molar-refractivity contribution in [3.8, 4) is 5.75 Å². The zero-order chi connectivity index (χ0) is 26.4. The molecule has 0 N–H and O–H groups in total. The summed E-state index contributed by atoms with van der Waals surface area (Å²) in [6.45, 7) is 0.583. The third-order valence-electron chi connectivity index (χ3n) is 6.99. The molecule has 2 aliphatic heterocycles. The molecule has 4 aromatic rings. The van der Waals surface area contributed by atoms with Crippen molar-refractivity contribution in [2.24, 2.45) is 0 Å². The van der Waals surface area contributed by atoms with Crippen LogP contribution < -0.4 is 4.74 Å². The molecule has 2 amide bonds. The molecule has 1 unspecified atom stereocenters. The largest absolute Gasteiger partial charge is 0.423 e. The molecule has 1 fully saturated rings. The van der Waals surface area contributed by atoms with Crippen LogP contribution in [0.3, 0.4) is 0 Å². The Balaban J connectivity index is 1.41. The van der Waals surface area contributed by atoms with E-state index in [2.05, 4.69) is 0 Å². The van der Waals surface area contributed by atoms with Crippen LogP contribution in [0.1, 0.15) is 42.2 Å². The summed E-state index contributed by atoms with van der Waals surface area (Å²) in [5, 5.41) is 0. The van der Waals surface area contributed by atoms with E-state index in [-0.39, 0.29) is 29.7 Å². The number of amides is 2. The zero-order valence-corrected chi connectivity index (χ0v) is 19.9. The number of fused-ring (bicyclic) bond motifs is 3. The standard InChI is InChI=1S/C30H20F2N2O4/c31-22-11-5-19(6-12-22)27(35)33-17-18-34-28(36)25-3-1-2-4-26(25)30(33,34)21-9-15-24(16-10-21)38-29(37)20-7-13-23(32)14-8-20/h1-16H,17-18H2. The van der Waals surface area contributed by atoms with Gasteiger partial charge in [0.05, 0.1) is 5.56 Å². The molecule has 0 spiro atoms. The first-order valence-electron chi connectivity index (χ1n) is 12.0. The van der Waals surface area contributed by atoms with Crippen molar-refractivity contribution in [2.75, 3.05) is 13.1 Å². The first-order chi connectivity index (χ1) is 18.4. The molecule has 2 aliphatic rings. The van der Waals surface area contributed by atoms with Crippen molar-refractivity contribution in [3.05, 3.63) is 137 Å². The third kappa shape index (κ3) is 3.56. The predicted octanol–water partition coefficient (Wildman–Crippen LogP) is 5.00. The van der Waals surface area contributed by atoms with Crippen LogP contribution in [0.5, 0.6) is 5.75 Å². The maximum Gasteiger partial charge on any atom is 0.343 e. The predicted molar refractivity (Wildman–Crippen MR) is 133 cm³/mol. The highest BCUT2D eigenvalue weighted by Gasteiger charge is 2.59. The Morgan fingerprint density at radius 1 is 0.737 bits per heavy atom. The Morgan fingerprint density at radius 3 is 2.00 bits per heavy atom. The van der Waals surface area contributed by atoms with E-state index < -0.39 is 23.3 Å². The fourth-order valence-corrected chi connectivity index (χ4v) is 5.30. The number of nitrogens with zero attached hydrogens (tertiary/aromatic N) is 2. The zero-order valence-electron chi connectivity index (χ0n) is 19.9. The molecule has 0 saturated carbocycles. The van der Waals surface area contributed by atoms with Gasteiger partial charge in [-0.2, -0.15) is 0 Å². The van der Waals surface area contributed by atoms with Crippen LogP contribution in [0.4, 0.5) is 8.78 Å². The average Bonchev–Trinajstić information content (AvgIpc) is 3.45. The number of ether oxygens (including phenoxy) is 1. The average molecular weight is 510 g/mol. The summed E-state index contributed by atoms with van der Waals surface area (Å²) in [7, 11) is 0. The molecule has 0 aromatic heterocycles. The van der Waals surface area contributed by atoms with Gasteiger partial charge in [-0.15, -0.1) is 0 Å². The van der Waals surface area contributed by atoms with E-state index >= 15 is 0 Å². The van der Waals surface area contributed by atoms with E-state index in [1.54, 1.807) is 46.2 Å². The van der Waals surface area contributed by atoms with Gasteiger partial charge < -0.3 is 14.5 Å². The highest BCUT2D eigenvalue weighted by molar-refractivity contribution is 6.03. The molecule has 188 valence electrons. The van der Waals surface area contributed by atoms with Crippen molar-refractivity contribution in [2.45, 2.75) is 5.66 Å². The van der Waals surface area contributed by atoms with E-state index in [0.717, 1.165) is 0 Å². The lowest BCUT2D eigenvalue weighted by molar-refractivity contribution is 0.0375. The van der Waals surface area contributed by atoms with Crippen LogP contribution in [0, 0.1) is 11.6 Å². The monoisotopic (exact) mass is 510 g/mol. The maximum absolute atomic E-state index is 13.8. The van der Waals surface area contributed by atoms with Gasteiger partial charge in [0.15, 0.2) is 5.66 Å². The van der Waals surface area contributed by atoms with Crippen LogP contribution in [-0.2, 0) is 5.66 Å². The molecule has 0 radical (unpaired) electrons. The summed E-state index contributed by atoms with van der Waals surface area (Å²) >= 11 is 0. The summed E-state index contributed by atoms with van der Waals surface area (Å²) in [5.74, 6) is -1.85. The number of rotatable bonds is 4. The highest BCUT2D eigenvalue weighted by atomic mass is 19.1. The second kappa shape index (κ2) is 8.92. The second-order valence-corrected chi connectivity index (χ2v) is 9.06. The molecule has 1 saturated heterocycles. The van der Waals surface area contributed by atoms with Gasteiger partial charge in [0.2, 0.25) is 0 Å². The fourth-order valence-electron chi connectivity index (χ4n) is 5.30. The van der Waals surface area contributed by atoms with E-state index in [1.165, 1.54) is 48.5 Å². The molecule has 4 aromatic carbocycles. The lowest BCUT2D eigenvalue weighted by atomic mass is 9.89. The number of carbonyl (C=O) groups excluding carboxylic acids is 3. The number of carbonyl (C=O) groups is 3. The molecule has 8 heteroatoms. The van der Waals surface area contributed by atoms with Gasteiger partial charge in [-0.1, -0.05) is 30.3 Å². The SMILES string of the molecule is O=C(Oc1ccc(C23c4ccccc4C(=O)N2CCN3C(=O)c2ccc(F)cc2)cc1)c1ccc(F)cc1. The number of esters is 1. The maximum atomic E-state index is 13.8. The van der Waals surface area contributed by atoms with Gasteiger partial charge in [0.25, 0.3) is 11.8 Å². The Labute approximate surface area is 216 Å². The normalized spacial score (nSPS) is 17.8. The summed E-state index contributed by atoms with van der Waals surface area (Å²) in [6.07, 6.45) is 0. The van der Waals surface area contributed by atoms with Gasteiger partial charge >= 0.3 is 5.97 Å². The Morgan fingerprint density at radius 2 is 1.34 bits per heavy atom. The van der Waals surface area contributed by atoms with Crippen molar-refractivity contribution in [1.29, 1.82) is 0 Å². The van der Waals surface area contributed by atoms with Crippen LogP contribution in [0.2, 0.25) is 0 Å². The van der Waals surface area contributed by atoms with Gasteiger partial charge in [0, 0.05) is 35.3 Å². The van der Waals surface area contributed by atoms with E-state index in [4.69, 9.17) is 4.74 Å². The number of hydrogen-bond acceptors (Lipinski definition) is 4. The minimum atomic E-state index is -1.22. The molecule has 38 heavy (non-hydrogen) atoms. The molecule has 2 heterocycles. The molecular weight excluding hydrogens is 490 g/mol. The Bertz CT molecular complexity index is 1570. The fraction of sp³-hybridized carbons (Fsp3) is 0.100. The molecule has 0 bridgehead atoms. The Hall–Kier alpha value is -4.85. The number of hydrogen-bond donors (Lipinski definition) is 0. The van der Waals surface area contributed by atoms with E-state index in [9.17, 15) is 23.2 Å². The topological polar surface area (TPSA) is 66.9 Å². The first kappa shape index (κ1) is 23.5. The lowest BCUT2D eigenvalue weighted by Gasteiger charge is -2.40. The molecular formula is C30H20F2N2O4. The Kier molecular flexibility index (Phi) is 5.52. The molecule has 6 rings (SSSR count). The van der Waals surface area contributed by atoms with Crippen molar-refractivity contribution < 1.29 is 27.9 Å². The van der Waals surface area contributed by atoms with Crippen LogP contribution >= 0.6 is 0 Å². The van der Waals surface area contributed by atoms with Crippen LogP contribution in [-0.4, -0.2) is 40.7 Å². The molecule has 0 aliphatic carbocycles. The van der Waals surface area contributed by atoms with Gasteiger partial charge in [-0.05, 0) is 66.7 Å². The summed E-state index contributed by atoms with van der Waals surface area (Å²) in [6, 6.07) is 24.1. The first-order valence-corrected chi connectivity index (χ1v) is 12.0. The molecule has 1 atom stereocenters. The lowest BCUT2D eigenvalue weighted by Crippen LogP contribution is -2.51. The van der Waals surface area contributed by atoms with Crippen molar-refractivity contribution in [3.63, 3.8) is 0 Å². The van der Waals surface area contributed by atoms with Crippen LogP contribution in [0.25, 0.3) is 0 Å².